The summed E-state index contributed by atoms with van der Waals surface area (Å²) >= 11 is 3.26. The van der Waals surface area contributed by atoms with Gasteiger partial charge in [-0.25, -0.2) is 4.52 Å². The molecule has 0 aliphatic carbocycles. The lowest BCUT2D eigenvalue weighted by atomic mass is 10.1. The van der Waals surface area contributed by atoms with Gasteiger partial charge in [0.2, 0.25) is 12.4 Å². The smallest absolute Gasteiger partial charge is 0.214 e. The fraction of sp³-hybridized carbons (Fsp3) is 0.100. The number of fused-ring (bicyclic) bond motifs is 1. The predicted molar refractivity (Wildman–Crippen MR) is 60.4 cm³/mol. The second-order valence-corrected chi connectivity index (χ2v) is 4.07. The van der Waals surface area contributed by atoms with Crippen LogP contribution in [-0.2, 0) is 4.79 Å². The van der Waals surface area contributed by atoms with Gasteiger partial charge in [0, 0.05) is 10.0 Å². The summed E-state index contributed by atoms with van der Waals surface area (Å²) < 4.78 is 15.1. The normalized spacial score (nSPS) is 12.1. The predicted octanol–water partition coefficient (Wildman–Crippen LogP) is 1.55. The Hall–Kier alpha value is -1.94. The van der Waals surface area contributed by atoms with E-state index in [9.17, 15) is 9.18 Å². The van der Waals surface area contributed by atoms with Crippen molar-refractivity contribution < 1.29 is 9.18 Å². The Labute approximate surface area is 104 Å². The van der Waals surface area contributed by atoms with Crippen LogP contribution in [0.3, 0.4) is 0 Å². The summed E-state index contributed by atoms with van der Waals surface area (Å²) in [5, 5.41) is 15.1. The second kappa shape index (κ2) is 4.51. The van der Waals surface area contributed by atoms with E-state index in [1.165, 1.54) is 18.3 Å². The molecule has 0 bridgehead atoms. The first kappa shape index (κ1) is 11.5. The monoisotopic (exact) mass is 296 g/mol. The Morgan fingerprint density at radius 2 is 2.41 bits per heavy atom. The van der Waals surface area contributed by atoms with Crippen molar-refractivity contribution in [1.82, 2.24) is 14.9 Å². The highest BCUT2D eigenvalue weighted by Gasteiger charge is 2.18. The topological polar surface area (TPSA) is 70.2 Å². The van der Waals surface area contributed by atoms with Crippen LogP contribution in [0.25, 0.3) is 5.52 Å². The van der Waals surface area contributed by atoms with E-state index in [0.29, 0.717) is 22.0 Å². The van der Waals surface area contributed by atoms with E-state index < -0.39 is 12.0 Å². The summed E-state index contributed by atoms with van der Waals surface area (Å²) in [7, 11) is 0. The number of halogens is 2. The molecule has 2 aromatic heterocycles. The molecule has 1 atom stereocenters. The van der Waals surface area contributed by atoms with Gasteiger partial charge in [-0.15, -0.1) is 0 Å². The summed E-state index contributed by atoms with van der Waals surface area (Å²) in [4.78, 5) is 10.4. The minimum atomic E-state index is -0.858. The van der Waals surface area contributed by atoms with Crippen molar-refractivity contribution in [3.8, 4) is 6.07 Å². The van der Waals surface area contributed by atoms with E-state index in [0.717, 1.165) is 4.52 Å². The van der Waals surface area contributed by atoms with E-state index in [1.54, 1.807) is 0 Å². The molecule has 0 radical (unpaired) electrons. The molecule has 5 nitrogen and oxygen atoms in total. The number of aromatic nitrogens is 2. The van der Waals surface area contributed by atoms with Gasteiger partial charge < -0.3 is 5.32 Å². The molecule has 0 saturated heterocycles. The minimum absolute atomic E-state index is 0.421. The van der Waals surface area contributed by atoms with Crippen molar-refractivity contribution >= 4 is 27.9 Å². The highest BCUT2D eigenvalue weighted by Crippen LogP contribution is 2.26. The summed E-state index contributed by atoms with van der Waals surface area (Å²) in [6.07, 6.45) is 1.78. The Morgan fingerprint density at radius 3 is 3.06 bits per heavy atom. The largest absolute Gasteiger partial charge is 0.339 e. The van der Waals surface area contributed by atoms with Crippen LogP contribution in [0, 0.1) is 17.3 Å². The van der Waals surface area contributed by atoms with Crippen molar-refractivity contribution in [3.63, 3.8) is 0 Å². The van der Waals surface area contributed by atoms with Gasteiger partial charge in [0.25, 0.3) is 0 Å². The van der Waals surface area contributed by atoms with E-state index in [4.69, 9.17) is 5.26 Å². The molecule has 0 aromatic carbocycles. The average molecular weight is 297 g/mol. The lowest BCUT2D eigenvalue weighted by molar-refractivity contribution is -0.109. The molecule has 2 rings (SSSR count). The zero-order valence-electron chi connectivity index (χ0n) is 8.39. The van der Waals surface area contributed by atoms with Crippen LogP contribution in [-0.4, -0.2) is 16.0 Å². The number of pyridine rings is 1. The van der Waals surface area contributed by atoms with Crippen LogP contribution in [0.1, 0.15) is 11.6 Å². The quantitative estimate of drug-likeness (QED) is 0.690. The molecule has 86 valence electrons. The van der Waals surface area contributed by atoms with Crippen molar-refractivity contribution in [3.05, 3.63) is 34.3 Å². The maximum Gasteiger partial charge on any atom is 0.214 e. The number of hydrogen-bond acceptors (Lipinski definition) is 3. The summed E-state index contributed by atoms with van der Waals surface area (Å²) in [6, 6.07) is 3.82. The first-order valence-electron chi connectivity index (χ1n) is 4.60. The van der Waals surface area contributed by atoms with E-state index in [-0.39, 0.29) is 0 Å². The van der Waals surface area contributed by atoms with Gasteiger partial charge in [0.15, 0.2) is 0 Å². The highest BCUT2D eigenvalue weighted by molar-refractivity contribution is 9.10. The third-order valence-electron chi connectivity index (χ3n) is 2.27. The summed E-state index contributed by atoms with van der Waals surface area (Å²) in [5.41, 5.74) is 0.858. The molecule has 7 heteroatoms. The molecule has 2 heterocycles. The lowest BCUT2D eigenvalue weighted by Gasteiger charge is -2.06. The number of amides is 1. The fourth-order valence-electron chi connectivity index (χ4n) is 1.53. The van der Waals surface area contributed by atoms with Gasteiger partial charge in [0.05, 0.1) is 17.8 Å². The Bertz CT molecular complexity index is 619. The zero-order chi connectivity index (χ0) is 12.4. The number of rotatable bonds is 3. The minimum Gasteiger partial charge on any atom is -0.339 e. The van der Waals surface area contributed by atoms with Crippen molar-refractivity contribution in [2.45, 2.75) is 6.04 Å². The van der Waals surface area contributed by atoms with Gasteiger partial charge in [-0.2, -0.15) is 14.8 Å². The molecule has 17 heavy (non-hydrogen) atoms. The second-order valence-electron chi connectivity index (χ2n) is 3.21. The van der Waals surface area contributed by atoms with Gasteiger partial charge in [-0.1, -0.05) is 0 Å². The molecule has 0 aliphatic rings. The summed E-state index contributed by atoms with van der Waals surface area (Å²) in [6.45, 7) is 0. The number of hydrogen-bond donors (Lipinski definition) is 1. The maximum absolute atomic E-state index is 13.4. The zero-order valence-corrected chi connectivity index (χ0v) is 9.98. The van der Waals surface area contributed by atoms with Gasteiger partial charge >= 0.3 is 0 Å². The van der Waals surface area contributed by atoms with Gasteiger partial charge in [-0.3, -0.25) is 4.79 Å². The molecule has 0 fully saturated rings. The molecule has 0 spiro atoms. The van der Waals surface area contributed by atoms with Gasteiger partial charge in [0.1, 0.15) is 6.04 Å². The number of nitrogens with zero attached hydrogens (tertiary/aromatic N) is 3. The first-order valence-corrected chi connectivity index (χ1v) is 5.39. The SMILES string of the molecule is N#CC(NC=O)c1cnn2c(F)ccc(Br)c12. The molecule has 1 unspecified atom stereocenters. The lowest BCUT2D eigenvalue weighted by Crippen LogP contribution is -2.17. The Balaban J connectivity index is 2.67. The van der Waals surface area contributed by atoms with Crippen LogP contribution >= 0.6 is 15.9 Å². The van der Waals surface area contributed by atoms with Crippen molar-refractivity contribution in [1.29, 1.82) is 5.26 Å². The highest BCUT2D eigenvalue weighted by atomic mass is 79.9. The van der Waals surface area contributed by atoms with Gasteiger partial charge in [-0.05, 0) is 28.1 Å². The molecule has 0 saturated carbocycles. The van der Waals surface area contributed by atoms with Crippen molar-refractivity contribution in [2.75, 3.05) is 0 Å². The average Bonchev–Trinajstić information content (AvgIpc) is 2.76. The van der Waals surface area contributed by atoms with E-state index >= 15 is 0 Å². The Kier molecular flexibility index (Phi) is 3.06. The van der Waals surface area contributed by atoms with Crippen LogP contribution in [0.4, 0.5) is 4.39 Å². The number of carbonyl (C=O) groups excluding carboxylic acids is 1. The molecule has 0 aliphatic heterocycles. The Morgan fingerprint density at radius 1 is 1.65 bits per heavy atom. The molecular formula is C10H6BrFN4O. The molecular weight excluding hydrogens is 291 g/mol. The number of nitriles is 1. The summed E-state index contributed by atoms with van der Waals surface area (Å²) in [5.74, 6) is -0.544. The third kappa shape index (κ3) is 1.87. The first-order chi connectivity index (χ1) is 8.19. The van der Waals surface area contributed by atoms with E-state index in [2.05, 4.69) is 26.3 Å². The molecule has 1 amide bonds. The maximum atomic E-state index is 13.4. The number of nitrogens with one attached hydrogen (secondary N) is 1. The van der Waals surface area contributed by atoms with Crippen LogP contribution in [0.15, 0.2) is 22.8 Å². The van der Waals surface area contributed by atoms with E-state index in [1.807, 2.05) is 6.07 Å². The molecule has 2 aromatic rings. The number of carbonyl (C=O) groups is 1. The third-order valence-corrected chi connectivity index (χ3v) is 2.91. The molecule has 1 N–H and O–H groups in total. The van der Waals surface area contributed by atoms with Crippen LogP contribution in [0.5, 0.6) is 0 Å². The van der Waals surface area contributed by atoms with Crippen LogP contribution in [0.2, 0.25) is 0 Å². The van der Waals surface area contributed by atoms with Crippen molar-refractivity contribution in [2.24, 2.45) is 0 Å². The standard InChI is InChI=1S/C10H6BrFN4O/c11-7-1-2-9(12)16-10(7)6(4-15-16)8(3-13)14-5-17/h1-2,4-5,8H,(H,14,17). The van der Waals surface area contributed by atoms with Crippen LogP contribution < -0.4 is 5.32 Å². The fourth-order valence-corrected chi connectivity index (χ4v) is 2.06.